The van der Waals surface area contributed by atoms with Gasteiger partial charge >= 0.3 is 0 Å². The van der Waals surface area contributed by atoms with E-state index in [-0.39, 0.29) is 5.82 Å². The lowest BCUT2D eigenvalue weighted by Crippen LogP contribution is -2.10. The molecule has 0 unspecified atom stereocenters. The normalized spacial score (nSPS) is 11.1. The topological polar surface area (TPSA) is 43.8 Å². The minimum Gasteiger partial charge on any atom is -0.330 e. The van der Waals surface area contributed by atoms with Gasteiger partial charge in [0.1, 0.15) is 5.82 Å². The lowest BCUT2D eigenvalue weighted by molar-refractivity contribution is 0.573. The van der Waals surface area contributed by atoms with E-state index in [0.29, 0.717) is 23.7 Å². The minimum atomic E-state index is -0.293. The van der Waals surface area contributed by atoms with Gasteiger partial charge in [0.05, 0.1) is 12.2 Å². The summed E-state index contributed by atoms with van der Waals surface area (Å²) in [6.45, 7) is 5.09. The molecule has 2 rings (SSSR count). The van der Waals surface area contributed by atoms with Crippen LogP contribution in [-0.4, -0.2) is 16.3 Å². The Labute approximate surface area is 129 Å². The molecule has 3 nitrogen and oxygen atoms in total. The molecule has 0 atom stereocenters. The molecule has 0 saturated carbocycles. The van der Waals surface area contributed by atoms with Crippen molar-refractivity contribution in [2.24, 2.45) is 5.73 Å². The van der Waals surface area contributed by atoms with Crippen molar-refractivity contribution in [1.29, 1.82) is 0 Å². The van der Waals surface area contributed by atoms with Crippen LogP contribution in [-0.2, 0) is 25.8 Å². The predicted octanol–water partition coefficient (Wildman–Crippen LogP) is 3.35. The Morgan fingerprint density at radius 3 is 2.57 bits per heavy atom. The number of hydrogen-bond donors (Lipinski definition) is 1. The summed E-state index contributed by atoms with van der Waals surface area (Å²) in [5, 5.41) is 5.07. The van der Waals surface area contributed by atoms with E-state index < -0.39 is 0 Å². The van der Waals surface area contributed by atoms with Crippen LogP contribution in [0, 0.1) is 5.82 Å². The molecule has 1 heterocycles. The molecular weight excluding hydrogens is 289 g/mol. The second-order valence-corrected chi connectivity index (χ2v) is 5.38. The summed E-state index contributed by atoms with van der Waals surface area (Å²) >= 11 is 6.12. The monoisotopic (exact) mass is 309 g/mol. The van der Waals surface area contributed by atoms with Crippen LogP contribution in [0.4, 0.5) is 4.39 Å². The van der Waals surface area contributed by atoms with Crippen LogP contribution in [0.3, 0.4) is 0 Å². The summed E-state index contributed by atoms with van der Waals surface area (Å²) in [4.78, 5) is 0. The molecule has 0 aliphatic carbocycles. The molecular formula is C16H21ClFN3. The predicted molar refractivity (Wildman–Crippen MR) is 84.3 cm³/mol. The Balaban J connectivity index is 2.44. The highest BCUT2D eigenvalue weighted by molar-refractivity contribution is 6.31. The third-order valence-corrected chi connectivity index (χ3v) is 4.04. The molecule has 0 bridgehead atoms. The molecule has 2 aromatic rings. The van der Waals surface area contributed by atoms with Gasteiger partial charge in [0.2, 0.25) is 0 Å². The summed E-state index contributed by atoms with van der Waals surface area (Å²) in [5.41, 5.74) is 9.56. The van der Waals surface area contributed by atoms with Crippen molar-refractivity contribution in [1.82, 2.24) is 9.78 Å². The molecule has 0 amide bonds. The molecule has 21 heavy (non-hydrogen) atoms. The zero-order valence-electron chi connectivity index (χ0n) is 12.5. The van der Waals surface area contributed by atoms with E-state index in [2.05, 4.69) is 18.9 Å². The first-order chi connectivity index (χ1) is 10.1. The number of aromatic nitrogens is 2. The zero-order valence-corrected chi connectivity index (χ0v) is 13.3. The fraction of sp³-hybridized carbons (Fsp3) is 0.438. The summed E-state index contributed by atoms with van der Waals surface area (Å²) in [5.74, 6) is -0.293. The number of nitrogens with zero attached hydrogens (tertiary/aromatic N) is 2. The SMILES string of the molecule is CCc1nn(Cc2c(F)cccc2Cl)c(CC)c1CCN. The molecule has 1 aromatic heterocycles. The summed E-state index contributed by atoms with van der Waals surface area (Å²) < 4.78 is 15.8. The Bertz CT molecular complexity index is 602. The van der Waals surface area contributed by atoms with Crippen molar-refractivity contribution in [2.75, 3.05) is 6.54 Å². The Morgan fingerprint density at radius 2 is 2.00 bits per heavy atom. The highest BCUT2D eigenvalue weighted by Gasteiger charge is 2.17. The fourth-order valence-electron chi connectivity index (χ4n) is 2.67. The number of benzene rings is 1. The van der Waals surface area contributed by atoms with E-state index in [0.717, 1.165) is 30.7 Å². The van der Waals surface area contributed by atoms with Crippen LogP contribution in [0.2, 0.25) is 5.02 Å². The Hall–Kier alpha value is -1.39. The van der Waals surface area contributed by atoms with Crippen molar-refractivity contribution in [2.45, 2.75) is 39.7 Å². The van der Waals surface area contributed by atoms with Gasteiger partial charge in [-0.3, -0.25) is 4.68 Å². The van der Waals surface area contributed by atoms with Gasteiger partial charge in [-0.05, 0) is 43.5 Å². The molecule has 5 heteroatoms. The standard InChI is InChI=1S/C16H21ClFN3/c1-3-15-11(8-9-19)16(4-2)21(20-15)10-12-13(17)6-5-7-14(12)18/h5-7H,3-4,8-10,19H2,1-2H3. The fourth-order valence-corrected chi connectivity index (χ4v) is 2.89. The first-order valence-corrected chi connectivity index (χ1v) is 7.70. The van der Waals surface area contributed by atoms with Gasteiger partial charge in [-0.15, -0.1) is 0 Å². The van der Waals surface area contributed by atoms with Gasteiger partial charge in [0, 0.05) is 16.3 Å². The molecule has 0 radical (unpaired) electrons. The molecule has 0 fully saturated rings. The van der Waals surface area contributed by atoms with Gasteiger partial charge < -0.3 is 5.73 Å². The molecule has 0 aliphatic heterocycles. The van der Waals surface area contributed by atoms with Gasteiger partial charge in [0.25, 0.3) is 0 Å². The number of halogens is 2. The minimum absolute atomic E-state index is 0.293. The maximum Gasteiger partial charge on any atom is 0.129 e. The summed E-state index contributed by atoms with van der Waals surface area (Å²) in [6.07, 6.45) is 2.49. The van der Waals surface area contributed by atoms with E-state index in [1.165, 1.54) is 11.6 Å². The van der Waals surface area contributed by atoms with Crippen molar-refractivity contribution in [3.8, 4) is 0 Å². The van der Waals surface area contributed by atoms with Crippen LogP contribution in [0.15, 0.2) is 18.2 Å². The Morgan fingerprint density at radius 1 is 1.24 bits per heavy atom. The van der Waals surface area contributed by atoms with Gasteiger partial charge in [-0.25, -0.2) is 4.39 Å². The van der Waals surface area contributed by atoms with E-state index in [9.17, 15) is 4.39 Å². The maximum absolute atomic E-state index is 14.0. The third kappa shape index (κ3) is 3.27. The first kappa shape index (κ1) is 16.0. The maximum atomic E-state index is 14.0. The lowest BCUT2D eigenvalue weighted by atomic mass is 10.1. The van der Waals surface area contributed by atoms with Crippen molar-refractivity contribution < 1.29 is 4.39 Å². The summed E-state index contributed by atoms with van der Waals surface area (Å²) in [7, 11) is 0. The van der Waals surface area contributed by atoms with Gasteiger partial charge in [-0.2, -0.15) is 5.10 Å². The zero-order chi connectivity index (χ0) is 15.4. The first-order valence-electron chi connectivity index (χ1n) is 7.32. The van der Waals surface area contributed by atoms with Gasteiger partial charge in [0.15, 0.2) is 0 Å². The number of rotatable bonds is 6. The largest absolute Gasteiger partial charge is 0.330 e. The van der Waals surface area contributed by atoms with E-state index >= 15 is 0 Å². The second-order valence-electron chi connectivity index (χ2n) is 4.98. The number of nitrogens with two attached hydrogens (primary N) is 1. The van der Waals surface area contributed by atoms with Crippen LogP contribution >= 0.6 is 11.6 Å². The second kappa shape index (κ2) is 7.05. The molecule has 2 N–H and O–H groups in total. The number of aryl methyl sites for hydroxylation is 1. The van der Waals surface area contributed by atoms with E-state index in [4.69, 9.17) is 17.3 Å². The van der Waals surface area contributed by atoms with Crippen molar-refractivity contribution >= 4 is 11.6 Å². The van der Waals surface area contributed by atoms with Crippen molar-refractivity contribution in [3.05, 3.63) is 51.6 Å². The highest BCUT2D eigenvalue weighted by atomic mass is 35.5. The average Bonchev–Trinajstić information content (AvgIpc) is 2.80. The Kier molecular flexibility index (Phi) is 5.37. The van der Waals surface area contributed by atoms with Gasteiger partial charge in [-0.1, -0.05) is 31.5 Å². The van der Waals surface area contributed by atoms with Crippen molar-refractivity contribution in [3.63, 3.8) is 0 Å². The van der Waals surface area contributed by atoms with Crippen LogP contribution < -0.4 is 5.73 Å². The molecule has 1 aromatic carbocycles. The molecule has 0 saturated heterocycles. The molecule has 0 aliphatic rings. The average molecular weight is 310 g/mol. The lowest BCUT2D eigenvalue weighted by Gasteiger charge is -2.10. The van der Waals surface area contributed by atoms with Crippen LogP contribution in [0.25, 0.3) is 0 Å². The quantitative estimate of drug-likeness (QED) is 0.889. The smallest absolute Gasteiger partial charge is 0.129 e. The highest BCUT2D eigenvalue weighted by Crippen LogP contribution is 2.23. The van der Waals surface area contributed by atoms with Crippen LogP contribution in [0.5, 0.6) is 0 Å². The van der Waals surface area contributed by atoms with E-state index in [1.54, 1.807) is 12.1 Å². The third-order valence-electron chi connectivity index (χ3n) is 3.68. The number of hydrogen-bond acceptors (Lipinski definition) is 2. The van der Waals surface area contributed by atoms with E-state index in [1.807, 2.05) is 4.68 Å². The van der Waals surface area contributed by atoms with Crippen LogP contribution in [0.1, 0.15) is 36.4 Å². The molecule has 114 valence electrons. The molecule has 0 spiro atoms. The summed E-state index contributed by atoms with van der Waals surface area (Å²) in [6, 6.07) is 4.75.